The van der Waals surface area contributed by atoms with Crippen molar-refractivity contribution in [2.75, 3.05) is 6.61 Å². The molecule has 2 aromatic rings. The molecule has 0 saturated carbocycles. The van der Waals surface area contributed by atoms with Crippen LogP contribution in [-0.4, -0.2) is 23.9 Å². The van der Waals surface area contributed by atoms with Gasteiger partial charge in [-0.15, -0.1) is 0 Å². The van der Waals surface area contributed by atoms with E-state index in [9.17, 15) is 9.90 Å². The number of hydrogen-bond donors (Lipinski definition) is 2. The van der Waals surface area contributed by atoms with Gasteiger partial charge in [-0.3, -0.25) is 0 Å². The molecule has 0 bridgehead atoms. The molecule has 0 heterocycles. The van der Waals surface area contributed by atoms with Crippen molar-refractivity contribution in [3.05, 3.63) is 70.7 Å². The molecule has 22 heavy (non-hydrogen) atoms. The van der Waals surface area contributed by atoms with Gasteiger partial charge >= 0.3 is 6.09 Å². The summed E-state index contributed by atoms with van der Waals surface area (Å²) >= 11 is 6.02. The Balaban J connectivity index is 1.71. The fourth-order valence-electron chi connectivity index (χ4n) is 1.97. The Kier molecular flexibility index (Phi) is 6.25. The van der Waals surface area contributed by atoms with E-state index in [2.05, 4.69) is 5.32 Å². The lowest BCUT2D eigenvalue weighted by atomic mass is 10.1. The number of carbonyl (C=O) groups excluding carboxylic acids is 1. The zero-order valence-corrected chi connectivity index (χ0v) is 12.8. The fourth-order valence-corrected chi connectivity index (χ4v) is 2.18. The van der Waals surface area contributed by atoms with Crippen LogP contribution in [0.4, 0.5) is 4.79 Å². The van der Waals surface area contributed by atoms with Gasteiger partial charge in [-0.1, -0.05) is 60.1 Å². The first-order valence-electron chi connectivity index (χ1n) is 7.01. The zero-order chi connectivity index (χ0) is 15.8. The van der Waals surface area contributed by atoms with Gasteiger partial charge in [-0.2, -0.15) is 0 Å². The molecule has 0 fully saturated rings. The van der Waals surface area contributed by atoms with Crippen LogP contribution in [0.3, 0.4) is 0 Å². The van der Waals surface area contributed by atoms with Crippen LogP contribution in [0.1, 0.15) is 11.1 Å². The molecule has 1 amide bonds. The van der Waals surface area contributed by atoms with Crippen LogP contribution in [0, 0.1) is 0 Å². The second kappa shape index (κ2) is 8.41. The number of benzene rings is 2. The maximum absolute atomic E-state index is 11.6. The van der Waals surface area contributed by atoms with Gasteiger partial charge in [-0.05, 0) is 17.2 Å². The Morgan fingerprint density at radius 2 is 1.82 bits per heavy atom. The number of rotatable bonds is 6. The van der Waals surface area contributed by atoms with E-state index in [1.54, 1.807) is 6.07 Å². The van der Waals surface area contributed by atoms with E-state index >= 15 is 0 Å². The third kappa shape index (κ3) is 5.39. The van der Waals surface area contributed by atoms with Gasteiger partial charge in [-0.25, -0.2) is 4.79 Å². The molecule has 0 unspecified atom stereocenters. The van der Waals surface area contributed by atoms with E-state index in [1.165, 1.54) is 0 Å². The van der Waals surface area contributed by atoms with Gasteiger partial charge in [0.25, 0.3) is 0 Å². The van der Waals surface area contributed by atoms with Crippen LogP contribution in [-0.2, 0) is 17.7 Å². The minimum absolute atomic E-state index is 0.0775. The van der Waals surface area contributed by atoms with Gasteiger partial charge in [0, 0.05) is 18.0 Å². The summed E-state index contributed by atoms with van der Waals surface area (Å²) in [5.74, 6) is 0. The van der Waals surface area contributed by atoms with E-state index in [-0.39, 0.29) is 6.61 Å². The standard InChI is InChI=1S/C17H18ClNO3/c18-16-9-5-4-8-14(16)10-15(20)12-22-17(21)19-11-13-6-2-1-3-7-13/h1-9,15,20H,10-12H2,(H,19,21)/t15-/m0/s1. The van der Waals surface area contributed by atoms with Crippen LogP contribution in [0.5, 0.6) is 0 Å². The average molecular weight is 320 g/mol. The lowest BCUT2D eigenvalue weighted by Gasteiger charge is -2.13. The minimum Gasteiger partial charge on any atom is -0.447 e. The predicted molar refractivity (Wildman–Crippen MR) is 85.8 cm³/mol. The number of hydrogen-bond acceptors (Lipinski definition) is 3. The summed E-state index contributed by atoms with van der Waals surface area (Å²) in [6.07, 6.45) is -1.00. The van der Waals surface area contributed by atoms with Crippen LogP contribution in [0.25, 0.3) is 0 Å². The highest BCUT2D eigenvalue weighted by molar-refractivity contribution is 6.31. The average Bonchev–Trinajstić information content (AvgIpc) is 2.54. The molecule has 0 aliphatic rings. The molecule has 5 heteroatoms. The third-order valence-electron chi connectivity index (χ3n) is 3.10. The Hall–Kier alpha value is -2.04. The molecule has 1 atom stereocenters. The first-order chi connectivity index (χ1) is 10.6. The monoisotopic (exact) mass is 319 g/mol. The maximum atomic E-state index is 11.6. The Bertz CT molecular complexity index is 604. The second-order valence-electron chi connectivity index (χ2n) is 4.89. The Labute approximate surface area is 134 Å². The van der Waals surface area contributed by atoms with Crippen molar-refractivity contribution in [3.63, 3.8) is 0 Å². The summed E-state index contributed by atoms with van der Waals surface area (Å²) in [7, 11) is 0. The quantitative estimate of drug-likeness (QED) is 0.859. The van der Waals surface area contributed by atoms with Crippen LogP contribution in [0.15, 0.2) is 54.6 Å². The topological polar surface area (TPSA) is 58.6 Å². The summed E-state index contributed by atoms with van der Waals surface area (Å²) in [5, 5.41) is 13.1. The van der Waals surface area contributed by atoms with Crippen LogP contribution in [0.2, 0.25) is 5.02 Å². The van der Waals surface area contributed by atoms with Crippen LogP contribution >= 0.6 is 11.6 Å². The third-order valence-corrected chi connectivity index (χ3v) is 3.47. The number of nitrogens with one attached hydrogen (secondary N) is 1. The van der Waals surface area contributed by atoms with Gasteiger partial charge in [0.15, 0.2) is 0 Å². The van der Waals surface area contributed by atoms with Gasteiger partial charge in [0.2, 0.25) is 0 Å². The summed E-state index contributed by atoms with van der Waals surface area (Å²) < 4.78 is 4.99. The maximum Gasteiger partial charge on any atom is 0.407 e. The molecule has 4 nitrogen and oxygen atoms in total. The van der Waals surface area contributed by atoms with Gasteiger partial charge < -0.3 is 15.2 Å². The van der Waals surface area contributed by atoms with Crippen molar-refractivity contribution >= 4 is 17.7 Å². The molecule has 0 radical (unpaired) electrons. The van der Waals surface area contributed by atoms with E-state index in [0.717, 1.165) is 11.1 Å². The number of aliphatic hydroxyl groups is 1. The van der Waals surface area contributed by atoms with Crippen molar-refractivity contribution in [2.45, 2.75) is 19.1 Å². The molecular weight excluding hydrogens is 302 g/mol. The van der Waals surface area contributed by atoms with Gasteiger partial charge in [0.05, 0.1) is 6.10 Å². The Morgan fingerprint density at radius 1 is 1.14 bits per heavy atom. The molecule has 0 aliphatic heterocycles. The molecule has 116 valence electrons. The summed E-state index contributed by atoms with van der Waals surface area (Å²) in [6, 6.07) is 16.8. The largest absolute Gasteiger partial charge is 0.447 e. The molecule has 0 aromatic heterocycles. The highest BCUT2D eigenvalue weighted by atomic mass is 35.5. The molecule has 0 spiro atoms. The van der Waals surface area contributed by atoms with Gasteiger partial charge in [0.1, 0.15) is 6.61 Å². The summed E-state index contributed by atoms with van der Waals surface area (Å²) in [6.45, 7) is 0.312. The van der Waals surface area contributed by atoms with Crippen molar-refractivity contribution in [1.82, 2.24) is 5.32 Å². The number of aliphatic hydroxyl groups excluding tert-OH is 1. The number of carbonyl (C=O) groups is 1. The van der Waals surface area contributed by atoms with E-state index in [0.29, 0.717) is 18.0 Å². The first kappa shape index (κ1) is 16.3. The number of alkyl carbamates (subject to hydrolysis) is 1. The van der Waals surface area contributed by atoms with Crippen molar-refractivity contribution in [3.8, 4) is 0 Å². The van der Waals surface area contributed by atoms with E-state index in [4.69, 9.17) is 16.3 Å². The first-order valence-corrected chi connectivity index (χ1v) is 7.39. The van der Waals surface area contributed by atoms with Crippen molar-refractivity contribution < 1.29 is 14.6 Å². The highest BCUT2D eigenvalue weighted by Crippen LogP contribution is 2.16. The van der Waals surface area contributed by atoms with E-state index in [1.807, 2.05) is 48.5 Å². The molecular formula is C17H18ClNO3. The predicted octanol–water partition coefficient (Wildman–Crippen LogP) is 3.17. The number of amides is 1. The SMILES string of the molecule is O=C(NCc1ccccc1)OC[C@@H](O)Cc1ccccc1Cl. The van der Waals surface area contributed by atoms with Crippen molar-refractivity contribution in [1.29, 1.82) is 0 Å². The number of halogens is 1. The normalized spacial score (nSPS) is 11.7. The molecule has 2 aromatic carbocycles. The fraction of sp³-hybridized carbons (Fsp3) is 0.235. The molecule has 0 aliphatic carbocycles. The molecule has 2 rings (SSSR count). The lowest BCUT2D eigenvalue weighted by molar-refractivity contribution is 0.0683. The summed E-state index contributed by atoms with van der Waals surface area (Å²) in [4.78, 5) is 11.6. The lowest BCUT2D eigenvalue weighted by Crippen LogP contribution is -2.28. The second-order valence-corrected chi connectivity index (χ2v) is 5.29. The molecule has 0 saturated heterocycles. The molecule has 2 N–H and O–H groups in total. The van der Waals surface area contributed by atoms with Crippen LogP contribution < -0.4 is 5.32 Å². The minimum atomic E-state index is -0.789. The smallest absolute Gasteiger partial charge is 0.407 e. The summed E-state index contributed by atoms with van der Waals surface area (Å²) in [5.41, 5.74) is 1.81. The Morgan fingerprint density at radius 3 is 2.55 bits per heavy atom. The van der Waals surface area contributed by atoms with Crippen molar-refractivity contribution in [2.24, 2.45) is 0 Å². The number of ether oxygens (including phenoxy) is 1. The van der Waals surface area contributed by atoms with E-state index < -0.39 is 12.2 Å². The highest BCUT2D eigenvalue weighted by Gasteiger charge is 2.11. The zero-order valence-electron chi connectivity index (χ0n) is 12.0.